The van der Waals surface area contributed by atoms with Gasteiger partial charge in [-0.25, -0.2) is 8.42 Å². The van der Waals surface area contributed by atoms with E-state index in [-0.39, 0.29) is 18.5 Å². The molecule has 8 heteroatoms. The molecule has 1 amide bonds. The number of methoxy groups -OCH3 is 2. The number of rotatable bonds is 9. The fraction of sp³-hybridized carbons (Fsp3) is 0.562. The van der Waals surface area contributed by atoms with Gasteiger partial charge < -0.3 is 14.8 Å². The third-order valence-corrected chi connectivity index (χ3v) is 4.61. The number of hydrogen-bond donors (Lipinski definition) is 1. The van der Waals surface area contributed by atoms with Crippen LogP contribution in [0.5, 0.6) is 11.5 Å². The Morgan fingerprint density at radius 1 is 1.25 bits per heavy atom. The Kier molecular flexibility index (Phi) is 7.34. The summed E-state index contributed by atoms with van der Waals surface area (Å²) in [6.45, 7) is 3.63. The number of carbonyl (C=O) groups is 1. The van der Waals surface area contributed by atoms with E-state index < -0.39 is 10.0 Å². The highest BCUT2D eigenvalue weighted by molar-refractivity contribution is 7.92. The summed E-state index contributed by atoms with van der Waals surface area (Å²) >= 11 is 0. The SMILES string of the molecule is CCC[C@H](C)NC(=O)CN(c1ccc(OC)c(OC)c1)S(C)(=O)=O. The first-order valence-electron chi connectivity index (χ1n) is 7.72. The molecule has 0 unspecified atom stereocenters. The first kappa shape index (κ1) is 20.1. The van der Waals surface area contributed by atoms with Gasteiger partial charge in [-0.05, 0) is 25.5 Å². The molecular formula is C16H26N2O5S. The zero-order valence-electron chi connectivity index (χ0n) is 14.8. The number of ether oxygens (including phenoxy) is 2. The normalized spacial score (nSPS) is 12.4. The molecule has 0 saturated heterocycles. The van der Waals surface area contributed by atoms with Gasteiger partial charge in [-0.2, -0.15) is 0 Å². The number of nitrogens with one attached hydrogen (secondary N) is 1. The van der Waals surface area contributed by atoms with Crippen molar-refractivity contribution < 1.29 is 22.7 Å². The summed E-state index contributed by atoms with van der Waals surface area (Å²) in [6.07, 6.45) is 2.83. The lowest BCUT2D eigenvalue weighted by Gasteiger charge is -2.24. The van der Waals surface area contributed by atoms with E-state index in [0.717, 1.165) is 23.4 Å². The monoisotopic (exact) mass is 358 g/mol. The van der Waals surface area contributed by atoms with Gasteiger partial charge in [0.2, 0.25) is 15.9 Å². The Labute approximate surface area is 144 Å². The molecule has 0 fully saturated rings. The Bertz CT molecular complexity index is 660. The van der Waals surface area contributed by atoms with Gasteiger partial charge in [-0.15, -0.1) is 0 Å². The van der Waals surface area contributed by atoms with Gasteiger partial charge >= 0.3 is 0 Å². The van der Waals surface area contributed by atoms with E-state index in [1.807, 2.05) is 13.8 Å². The molecule has 1 atom stereocenters. The fourth-order valence-electron chi connectivity index (χ4n) is 2.34. The van der Waals surface area contributed by atoms with E-state index >= 15 is 0 Å². The zero-order valence-corrected chi connectivity index (χ0v) is 15.6. The maximum atomic E-state index is 12.2. The maximum absolute atomic E-state index is 12.2. The maximum Gasteiger partial charge on any atom is 0.240 e. The van der Waals surface area contributed by atoms with Crippen LogP contribution in [0.1, 0.15) is 26.7 Å². The molecule has 7 nitrogen and oxygen atoms in total. The number of anilines is 1. The summed E-state index contributed by atoms with van der Waals surface area (Å²) in [7, 11) is -0.671. The van der Waals surface area contributed by atoms with E-state index in [1.54, 1.807) is 12.1 Å². The summed E-state index contributed by atoms with van der Waals surface area (Å²) in [4.78, 5) is 12.2. The highest BCUT2D eigenvalue weighted by Gasteiger charge is 2.22. The van der Waals surface area contributed by atoms with Crippen LogP contribution < -0.4 is 19.1 Å². The summed E-state index contributed by atoms with van der Waals surface area (Å²) < 4.78 is 35.6. The Balaban J connectivity index is 3.05. The molecule has 0 radical (unpaired) electrons. The van der Waals surface area contributed by atoms with Crippen LogP contribution in [0.4, 0.5) is 5.69 Å². The van der Waals surface area contributed by atoms with Crippen LogP contribution in [0.25, 0.3) is 0 Å². The van der Waals surface area contributed by atoms with E-state index in [2.05, 4.69) is 5.32 Å². The molecule has 0 aliphatic rings. The van der Waals surface area contributed by atoms with E-state index in [0.29, 0.717) is 17.2 Å². The first-order valence-corrected chi connectivity index (χ1v) is 9.56. The van der Waals surface area contributed by atoms with Crippen molar-refractivity contribution in [3.05, 3.63) is 18.2 Å². The van der Waals surface area contributed by atoms with E-state index in [9.17, 15) is 13.2 Å². The van der Waals surface area contributed by atoms with Crippen LogP contribution in [0.2, 0.25) is 0 Å². The smallest absolute Gasteiger partial charge is 0.240 e. The third kappa shape index (κ3) is 5.59. The average Bonchev–Trinajstić information content (AvgIpc) is 2.51. The van der Waals surface area contributed by atoms with Crippen LogP contribution in [-0.2, 0) is 14.8 Å². The summed E-state index contributed by atoms with van der Waals surface area (Å²) in [5, 5.41) is 2.80. The molecule has 0 aromatic heterocycles. The Morgan fingerprint density at radius 3 is 2.38 bits per heavy atom. The minimum atomic E-state index is -3.63. The highest BCUT2D eigenvalue weighted by atomic mass is 32.2. The minimum Gasteiger partial charge on any atom is -0.493 e. The van der Waals surface area contributed by atoms with E-state index in [1.165, 1.54) is 20.3 Å². The summed E-state index contributed by atoms with van der Waals surface area (Å²) in [6, 6.07) is 4.70. The number of carbonyl (C=O) groups excluding carboxylic acids is 1. The molecule has 0 aliphatic carbocycles. The van der Waals surface area contributed by atoms with Gasteiger partial charge in [-0.1, -0.05) is 13.3 Å². The van der Waals surface area contributed by atoms with Gasteiger partial charge in [0.25, 0.3) is 0 Å². The third-order valence-electron chi connectivity index (χ3n) is 3.47. The molecular weight excluding hydrogens is 332 g/mol. The number of benzene rings is 1. The highest BCUT2D eigenvalue weighted by Crippen LogP contribution is 2.32. The summed E-state index contributed by atoms with van der Waals surface area (Å²) in [5.41, 5.74) is 0.341. The van der Waals surface area contributed by atoms with Crippen LogP contribution >= 0.6 is 0 Å². The van der Waals surface area contributed by atoms with Crippen molar-refractivity contribution in [3.63, 3.8) is 0 Å². The number of hydrogen-bond acceptors (Lipinski definition) is 5. The van der Waals surface area contributed by atoms with Gasteiger partial charge in [0.1, 0.15) is 6.54 Å². The molecule has 1 aromatic rings. The van der Waals surface area contributed by atoms with Crippen molar-refractivity contribution in [1.29, 1.82) is 0 Å². The molecule has 24 heavy (non-hydrogen) atoms. The molecule has 0 saturated carbocycles. The van der Waals surface area contributed by atoms with Crippen molar-refractivity contribution in [3.8, 4) is 11.5 Å². The van der Waals surface area contributed by atoms with Gasteiger partial charge in [0.15, 0.2) is 11.5 Å². The van der Waals surface area contributed by atoms with Gasteiger partial charge in [-0.3, -0.25) is 9.10 Å². The Morgan fingerprint density at radius 2 is 1.88 bits per heavy atom. The lowest BCUT2D eigenvalue weighted by Crippen LogP contribution is -2.43. The largest absolute Gasteiger partial charge is 0.493 e. The molecule has 0 aliphatic heterocycles. The lowest BCUT2D eigenvalue weighted by atomic mass is 10.2. The molecule has 0 spiro atoms. The topological polar surface area (TPSA) is 84.9 Å². The molecule has 136 valence electrons. The Hall–Kier alpha value is -1.96. The average molecular weight is 358 g/mol. The predicted octanol–water partition coefficient (Wildman–Crippen LogP) is 1.77. The minimum absolute atomic E-state index is 0.00527. The number of sulfonamides is 1. The second-order valence-electron chi connectivity index (χ2n) is 5.57. The summed E-state index contributed by atoms with van der Waals surface area (Å²) in [5.74, 6) is 0.523. The van der Waals surface area contributed by atoms with Crippen molar-refractivity contribution in [2.45, 2.75) is 32.7 Å². The predicted molar refractivity (Wildman–Crippen MR) is 94.2 cm³/mol. The molecule has 0 bridgehead atoms. The molecule has 0 heterocycles. The standard InChI is InChI=1S/C16H26N2O5S/c1-6-7-12(2)17-16(19)11-18(24(5,20)21)13-8-9-14(22-3)15(10-13)23-4/h8-10,12H,6-7,11H2,1-5H3,(H,17,19)/t12-/m0/s1. The zero-order chi connectivity index (χ0) is 18.3. The van der Waals surface area contributed by atoms with Crippen LogP contribution in [0.15, 0.2) is 18.2 Å². The lowest BCUT2D eigenvalue weighted by molar-refractivity contribution is -0.120. The second-order valence-corrected chi connectivity index (χ2v) is 7.47. The van der Waals surface area contributed by atoms with Crippen molar-refractivity contribution in [2.24, 2.45) is 0 Å². The van der Waals surface area contributed by atoms with Crippen molar-refractivity contribution in [1.82, 2.24) is 5.32 Å². The second kappa shape index (κ2) is 8.77. The number of amides is 1. The van der Waals surface area contributed by atoms with Crippen LogP contribution in [0.3, 0.4) is 0 Å². The van der Waals surface area contributed by atoms with E-state index in [4.69, 9.17) is 9.47 Å². The fourth-order valence-corrected chi connectivity index (χ4v) is 3.18. The molecule has 1 N–H and O–H groups in total. The molecule has 1 aromatic carbocycles. The van der Waals surface area contributed by atoms with Crippen molar-refractivity contribution >= 4 is 21.6 Å². The van der Waals surface area contributed by atoms with Gasteiger partial charge in [0, 0.05) is 12.1 Å². The quantitative estimate of drug-likeness (QED) is 0.727. The van der Waals surface area contributed by atoms with Crippen LogP contribution in [0, 0.1) is 0 Å². The molecule has 1 rings (SSSR count). The van der Waals surface area contributed by atoms with Crippen molar-refractivity contribution in [2.75, 3.05) is 31.3 Å². The van der Waals surface area contributed by atoms with Crippen LogP contribution in [-0.4, -0.2) is 47.4 Å². The number of nitrogens with zero attached hydrogens (tertiary/aromatic N) is 1. The van der Waals surface area contributed by atoms with Gasteiger partial charge in [0.05, 0.1) is 26.2 Å². The first-order chi connectivity index (χ1) is 11.2.